The molecule has 2 fully saturated rings. The van der Waals surface area contributed by atoms with Gasteiger partial charge in [0.2, 0.25) is 5.91 Å². The highest BCUT2D eigenvalue weighted by Gasteiger charge is 2.32. The molecule has 2 atom stereocenters. The fourth-order valence-electron chi connectivity index (χ4n) is 6.71. The number of anilines is 3. The van der Waals surface area contributed by atoms with E-state index in [1.165, 1.54) is 29.5 Å². The van der Waals surface area contributed by atoms with Gasteiger partial charge in [-0.15, -0.1) is 0 Å². The Labute approximate surface area is 268 Å². The number of amides is 1. The van der Waals surface area contributed by atoms with E-state index in [1.807, 2.05) is 18.0 Å². The van der Waals surface area contributed by atoms with Gasteiger partial charge < -0.3 is 24.9 Å². The van der Waals surface area contributed by atoms with Crippen LogP contribution < -0.4 is 9.80 Å². The zero-order valence-corrected chi connectivity index (χ0v) is 26.1. The van der Waals surface area contributed by atoms with Crippen LogP contribution in [0.1, 0.15) is 35.1 Å². The van der Waals surface area contributed by atoms with Crippen molar-refractivity contribution < 1.29 is 23.8 Å². The number of nitrogens with zero attached hydrogens (tertiary/aromatic N) is 7. The van der Waals surface area contributed by atoms with E-state index in [-0.39, 0.29) is 17.2 Å². The van der Waals surface area contributed by atoms with Crippen molar-refractivity contribution in [3.63, 3.8) is 0 Å². The van der Waals surface area contributed by atoms with Gasteiger partial charge in [-0.2, -0.15) is 5.26 Å². The Bertz CT molecular complexity index is 1850. The third-order valence-corrected chi connectivity index (χ3v) is 10.2. The van der Waals surface area contributed by atoms with Gasteiger partial charge in [-0.25, -0.2) is 18.7 Å². The zero-order valence-electron chi connectivity index (χ0n) is 25.3. The van der Waals surface area contributed by atoms with Crippen molar-refractivity contribution in [3.8, 4) is 17.3 Å². The number of fused-ring (bicyclic) bond motifs is 2. The summed E-state index contributed by atoms with van der Waals surface area (Å²) in [6.07, 6.45) is 0.358. The molecule has 238 valence electrons. The minimum absolute atomic E-state index is 0.0147. The molecule has 0 spiro atoms. The Morgan fingerprint density at radius 3 is 2.54 bits per heavy atom. The molecule has 3 aliphatic rings. The molecule has 1 unspecified atom stereocenters. The number of rotatable bonds is 6. The lowest BCUT2D eigenvalue weighted by atomic mass is 10.0. The van der Waals surface area contributed by atoms with E-state index in [0.29, 0.717) is 109 Å². The molecule has 2 saturated heterocycles. The number of hydrogen-bond acceptors (Lipinski definition) is 10. The molecule has 0 radical (unpaired) electrons. The second-order valence-corrected chi connectivity index (χ2v) is 13.1. The van der Waals surface area contributed by atoms with Crippen molar-refractivity contribution in [1.82, 2.24) is 19.8 Å². The summed E-state index contributed by atoms with van der Waals surface area (Å²) in [5.41, 5.74) is 3.83. The van der Waals surface area contributed by atoms with Crippen LogP contribution in [0.5, 0.6) is 0 Å². The van der Waals surface area contributed by atoms with Crippen LogP contribution in [0.15, 0.2) is 36.4 Å². The van der Waals surface area contributed by atoms with Gasteiger partial charge in [-0.1, -0.05) is 11.3 Å². The maximum absolute atomic E-state index is 15.9. The van der Waals surface area contributed by atoms with Crippen LogP contribution in [0.25, 0.3) is 22.2 Å². The van der Waals surface area contributed by atoms with E-state index in [2.05, 4.69) is 20.9 Å². The largest absolute Gasteiger partial charge is 0.391 e. The number of thiazole rings is 1. The number of carbonyl (C=O) groups excluding carboxylic acids is 1. The smallest absolute Gasteiger partial charge is 0.236 e. The summed E-state index contributed by atoms with van der Waals surface area (Å²) in [6, 6.07) is 11.4. The molecule has 1 amide bonds. The fraction of sp³-hybridized carbons (Fsp3) is 0.394. The Morgan fingerprint density at radius 1 is 1.09 bits per heavy atom. The first-order chi connectivity index (χ1) is 22.2. The lowest BCUT2D eigenvalue weighted by Gasteiger charge is -2.36. The van der Waals surface area contributed by atoms with Crippen LogP contribution in [0, 0.1) is 23.0 Å². The minimum Gasteiger partial charge on any atom is -0.391 e. The molecule has 7 rings (SSSR count). The fourth-order valence-corrected chi connectivity index (χ4v) is 7.56. The molecule has 2 aromatic carbocycles. The van der Waals surface area contributed by atoms with Crippen LogP contribution in [0.4, 0.5) is 25.3 Å². The summed E-state index contributed by atoms with van der Waals surface area (Å²) in [6.45, 7) is 3.71. The van der Waals surface area contributed by atoms with Crippen LogP contribution in [-0.2, 0) is 11.2 Å². The number of likely N-dealkylation sites (tertiary alicyclic amines) is 1. The van der Waals surface area contributed by atoms with Gasteiger partial charge in [-0.3, -0.25) is 9.69 Å². The predicted octanol–water partition coefficient (Wildman–Crippen LogP) is 3.97. The number of aliphatic hydroxyl groups is 2. The number of carbonyl (C=O) groups is 1. The number of β-amino-alcohol motifs (C(OH)–C–C–N with tert-alkyl or cyclic N) is 1. The second-order valence-electron chi connectivity index (χ2n) is 12.1. The molecule has 1 aliphatic carbocycles. The van der Waals surface area contributed by atoms with E-state index in [9.17, 15) is 24.7 Å². The molecular formula is C33H33F2N7O3S. The number of aromatic nitrogens is 2. The molecule has 0 bridgehead atoms. The molecule has 46 heavy (non-hydrogen) atoms. The number of benzene rings is 2. The standard InChI is InChI=1S/C33H33F2N7O3S/c1-39(33-38-29(27(16-36)46-33)19-2-4-20(34)5-3-19)32-23-6-7-26(44)31(23)37-30-24(32)14-21(15-25(30)35)41-12-10-40(11-13-41)18-28(45)42-9-8-22(43)17-42/h2-5,14-15,22,26,43-44H,6-13,17-18H2,1H3/t22-,26?/m1/s1. The normalized spacial score (nSPS) is 19.9. The number of aliphatic hydroxyl groups excluding tert-OH is 2. The van der Waals surface area contributed by atoms with E-state index < -0.39 is 18.0 Å². The van der Waals surface area contributed by atoms with Crippen molar-refractivity contribution in [2.24, 2.45) is 0 Å². The summed E-state index contributed by atoms with van der Waals surface area (Å²) in [5.74, 6) is -0.873. The van der Waals surface area contributed by atoms with Gasteiger partial charge in [0.05, 0.1) is 30.1 Å². The molecule has 2 N–H and O–H groups in total. The van der Waals surface area contributed by atoms with E-state index in [1.54, 1.807) is 17.0 Å². The SMILES string of the molecule is CN(c1nc(-c2ccc(F)cc2)c(C#N)s1)c1c2c(nc3c(F)cc(N4CCN(CC(=O)N5CC[C@@H](O)C5)CC4)cc13)C(O)CC2. The van der Waals surface area contributed by atoms with Gasteiger partial charge in [0, 0.05) is 68.5 Å². The van der Waals surface area contributed by atoms with Gasteiger partial charge in [0.15, 0.2) is 10.9 Å². The topological polar surface area (TPSA) is 120 Å². The average molecular weight is 646 g/mol. The predicted molar refractivity (Wildman–Crippen MR) is 171 cm³/mol. The first kappa shape index (κ1) is 30.4. The van der Waals surface area contributed by atoms with Crippen molar-refractivity contribution in [2.45, 2.75) is 31.5 Å². The monoisotopic (exact) mass is 645 g/mol. The van der Waals surface area contributed by atoms with E-state index in [0.717, 1.165) is 5.56 Å². The Morgan fingerprint density at radius 2 is 1.85 bits per heavy atom. The third kappa shape index (κ3) is 5.55. The minimum atomic E-state index is -0.814. The van der Waals surface area contributed by atoms with Crippen LogP contribution in [-0.4, -0.2) is 94.9 Å². The van der Waals surface area contributed by atoms with E-state index in [4.69, 9.17) is 4.98 Å². The summed E-state index contributed by atoms with van der Waals surface area (Å²) in [4.78, 5) is 30.2. The third-order valence-electron chi connectivity index (χ3n) is 9.18. The Kier molecular flexibility index (Phi) is 8.06. The Hall–Kier alpha value is -4.22. The molecule has 10 nitrogen and oxygen atoms in total. The molecule has 13 heteroatoms. The van der Waals surface area contributed by atoms with Crippen molar-refractivity contribution in [3.05, 3.63) is 64.2 Å². The van der Waals surface area contributed by atoms with E-state index >= 15 is 4.39 Å². The van der Waals surface area contributed by atoms with Crippen molar-refractivity contribution >= 4 is 44.7 Å². The first-order valence-electron chi connectivity index (χ1n) is 15.4. The average Bonchev–Trinajstić information content (AvgIpc) is 3.79. The summed E-state index contributed by atoms with van der Waals surface area (Å²) in [5, 5.41) is 31.5. The van der Waals surface area contributed by atoms with Gasteiger partial charge in [0.25, 0.3) is 0 Å². The molecular weight excluding hydrogens is 612 g/mol. The highest BCUT2D eigenvalue weighted by atomic mass is 32.1. The number of piperazine rings is 1. The maximum atomic E-state index is 15.9. The lowest BCUT2D eigenvalue weighted by Crippen LogP contribution is -2.50. The molecule has 2 aromatic heterocycles. The van der Waals surface area contributed by atoms with Crippen LogP contribution in [0.3, 0.4) is 0 Å². The molecule has 2 aliphatic heterocycles. The maximum Gasteiger partial charge on any atom is 0.236 e. The summed E-state index contributed by atoms with van der Waals surface area (Å²) in [7, 11) is 1.81. The highest BCUT2D eigenvalue weighted by molar-refractivity contribution is 7.16. The lowest BCUT2D eigenvalue weighted by molar-refractivity contribution is -0.131. The van der Waals surface area contributed by atoms with Crippen molar-refractivity contribution in [1.29, 1.82) is 5.26 Å². The number of nitriles is 1. The number of halogens is 2. The zero-order chi connectivity index (χ0) is 32.1. The quantitative estimate of drug-likeness (QED) is 0.321. The first-order valence-corrected chi connectivity index (χ1v) is 16.2. The van der Waals surface area contributed by atoms with Crippen molar-refractivity contribution in [2.75, 3.05) is 62.7 Å². The number of hydrogen-bond donors (Lipinski definition) is 2. The molecule has 0 saturated carbocycles. The second kappa shape index (κ2) is 12.2. The van der Waals surface area contributed by atoms with Crippen LogP contribution >= 0.6 is 11.3 Å². The van der Waals surface area contributed by atoms with Crippen LogP contribution in [0.2, 0.25) is 0 Å². The highest BCUT2D eigenvalue weighted by Crippen LogP contribution is 2.45. The Balaban J connectivity index is 1.21. The summed E-state index contributed by atoms with van der Waals surface area (Å²) < 4.78 is 29.5. The molecule has 4 heterocycles. The van der Waals surface area contributed by atoms with Gasteiger partial charge in [-0.05, 0) is 55.7 Å². The number of pyridine rings is 1. The van der Waals surface area contributed by atoms with Gasteiger partial charge in [0.1, 0.15) is 28.0 Å². The summed E-state index contributed by atoms with van der Waals surface area (Å²) >= 11 is 1.19. The van der Waals surface area contributed by atoms with Gasteiger partial charge >= 0.3 is 0 Å². The molecule has 4 aromatic rings.